The van der Waals surface area contributed by atoms with E-state index in [2.05, 4.69) is 24.4 Å². The maximum atomic E-state index is 5.43. The molecule has 0 heterocycles. The zero-order valence-electron chi connectivity index (χ0n) is 7.51. The lowest BCUT2D eigenvalue weighted by atomic mass is 10.1. The molecule has 1 unspecified atom stereocenters. The largest absolute Gasteiger partial charge is 0.309 e. The lowest BCUT2D eigenvalue weighted by Crippen LogP contribution is -2.38. The Labute approximate surface area is 68.9 Å². The molecule has 1 atom stereocenters. The van der Waals surface area contributed by atoms with Gasteiger partial charge >= 0.3 is 0 Å². The van der Waals surface area contributed by atoms with E-state index in [0.29, 0.717) is 6.04 Å². The Morgan fingerprint density at radius 1 is 1.55 bits per heavy atom. The molecule has 0 aliphatic heterocycles. The first-order valence-electron chi connectivity index (χ1n) is 4.35. The van der Waals surface area contributed by atoms with E-state index >= 15 is 0 Å². The Morgan fingerprint density at radius 3 is 2.55 bits per heavy atom. The predicted octanol–water partition coefficient (Wildman–Crippen LogP) is 0.180. The molecule has 0 radical (unpaired) electrons. The minimum Gasteiger partial charge on any atom is -0.309 e. The zero-order valence-corrected chi connectivity index (χ0v) is 7.51. The number of nitrogens with zero attached hydrogens (tertiary/aromatic N) is 1. The van der Waals surface area contributed by atoms with Gasteiger partial charge in [0.1, 0.15) is 0 Å². The van der Waals surface area contributed by atoms with Gasteiger partial charge in [-0.2, -0.15) is 0 Å². The van der Waals surface area contributed by atoms with Gasteiger partial charge in [-0.15, -0.1) is 0 Å². The third kappa shape index (κ3) is 3.18. The fourth-order valence-electron chi connectivity index (χ4n) is 1.35. The van der Waals surface area contributed by atoms with Crippen LogP contribution in [0.2, 0.25) is 0 Å². The van der Waals surface area contributed by atoms with Crippen molar-refractivity contribution >= 4 is 0 Å². The van der Waals surface area contributed by atoms with Gasteiger partial charge in [-0.3, -0.25) is 11.3 Å². The van der Waals surface area contributed by atoms with Crippen LogP contribution in [0.25, 0.3) is 0 Å². The Balaban J connectivity index is 2.10. The number of rotatable bonds is 5. The molecule has 0 aromatic carbocycles. The summed E-state index contributed by atoms with van der Waals surface area (Å²) in [5.41, 5.74) is 2.89. The summed E-state index contributed by atoms with van der Waals surface area (Å²) in [6, 6.07) is 0.553. The van der Waals surface area contributed by atoms with E-state index in [4.69, 9.17) is 5.84 Å². The highest BCUT2D eigenvalue weighted by Crippen LogP contribution is 2.33. The predicted molar refractivity (Wildman–Crippen MR) is 47.0 cm³/mol. The number of hydrazine groups is 1. The van der Waals surface area contributed by atoms with E-state index in [1.807, 2.05) is 0 Å². The first-order chi connectivity index (χ1) is 5.24. The molecule has 66 valence electrons. The molecule has 3 heteroatoms. The third-order valence-corrected chi connectivity index (χ3v) is 2.29. The third-order valence-electron chi connectivity index (χ3n) is 2.29. The molecule has 3 nitrogen and oxygen atoms in total. The van der Waals surface area contributed by atoms with Crippen LogP contribution in [0.5, 0.6) is 0 Å². The van der Waals surface area contributed by atoms with E-state index in [0.717, 1.165) is 12.5 Å². The highest BCUT2D eigenvalue weighted by Gasteiger charge is 2.29. The first kappa shape index (κ1) is 8.97. The Hall–Kier alpha value is -0.120. The summed E-state index contributed by atoms with van der Waals surface area (Å²) in [5, 5.41) is 0. The average molecular weight is 157 g/mol. The highest BCUT2D eigenvalue weighted by atomic mass is 15.2. The van der Waals surface area contributed by atoms with Crippen molar-refractivity contribution in [3.05, 3.63) is 0 Å². The normalized spacial score (nSPS) is 20.7. The second-order valence-corrected chi connectivity index (χ2v) is 3.70. The molecule has 1 saturated carbocycles. The topological polar surface area (TPSA) is 41.3 Å². The zero-order chi connectivity index (χ0) is 8.27. The second kappa shape index (κ2) is 4.04. The van der Waals surface area contributed by atoms with Crippen molar-refractivity contribution in [2.24, 2.45) is 11.8 Å². The first-order valence-corrected chi connectivity index (χ1v) is 4.35. The maximum absolute atomic E-state index is 5.43. The van der Waals surface area contributed by atoms with Crippen LogP contribution in [0.4, 0.5) is 0 Å². The van der Waals surface area contributed by atoms with Crippen molar-refractivity contribution in [2.75, 3.05) is 20.6 Å². The van der Waals surface area contributed by atoms with E-state index in [1.54, 1.807) is 0 Å². The summed E-state index contributed by atoms with van der Waals surface area (Å²) in [6.07, 6.45) is 3.90. The molecule has 1 fully saturated rings. The minimum absolute atomic E-state index is 0.553. The van der Waals surface area contributed by atoms with Crippen LogP contribution in [-0.4, -0.2) is 31.6 Å². The standard InChI is InChI=1S/C8H19N3/c1-11(2)6-5-8(10-9)7-3-4-7/h7-8,10H,3-6,9H2,1-2H3. The Morgan fingerprint density at radius 2 is 2.18 bits per heavy atom. The summed E-state index contributed by atoms with van der Waals surface area (Å²) in [7, 11) is 4.20. The van der Waals surface area contributed by atoms with Crippen molar-refractivity contribution in [1.29, 1.82) is 0 Å². The Kier molecular flexibility index (Phi) is 3.30. The monoisotopic (exact) mass is 157 g/mol. The van der Waals surface area contributed by atoms with Crippen molar-refractivity contribution in [3.8, 4) is 0 Å². The van der Waals surface area contributed by atoms with Gasteiger partial charge in [-0.05, 0) is 45.8 Å². The molecule has 0 aromatic heterocycles. The molecule has 11 heavy (non-hydrogen) atoms. The van der Waals surface area contributed by atoms with E-state index in [1.165, 1.54) is 19.3 Å². The minimum atomic E-state index is 0.553. The SMILES string of the molecule is CN(C)CCC(NN)C1CC1. The van der Waals surface area contributed by atoms with Crippen molar-refractivity contribution in [1.82, 2.24) is 10.3 Å². The van der Waals surface area contributed by atoms with Gasteiger partial charge in [0.05, 0.1) is 0 Å². The molecule has 0 saturated heterocycles. The van der Waals surface area contributed by atoms with Crippen LogP contribution in [0, 0.1) is 5.92 Å². The summed E-state index contributed by atoms with van der Waals surface area (Å²) in [6.45, 7) is 1.13. The highest BCUT2D eigenvalue weighted by molar-refractivity contribution is 4.85. The van der Waals surface area contributed by atoms with Gasteiger partial charge in [0.2, 0.25) is 0 Å². The van der Waals surface area contributed by atoms with Gasteiger partial charge < -0.3 is 4.90 Å². The molecule has 0 bridgehead atoms. The fourth-order valence-corrected chi connectivity index (χ4v) is 1.35. The molecule has 0 aromatic rings. The molecule has 1 aliphatic rings. The van der Waals surface area contributed by atoms with Crippen LogP contribution in [0.15, 0.2) is 0 Å². The van der Waals surface area contributed by atoms with Crippen molar-refractivity contribution in [2.45, 2.75) is 25.3 Å². The van der Waals surface area contributed by atoms with Gasteiger partial charge in [0.25, 0.3) is 0 Å². The lowest BCUT2D eigenvalue weighted by Gasteiger charge is -2.17. The quantitative estimate of drug-likeness (QED) is 0.442. The molecule has 1 aliphatic carbocycles. The lowest BCUT2D eigenvalue weighted by molar-refractivity contribution is 0.343. The number of nitrogens with one attached hydrogen (secondary N) is 1. The van der Waals surface area contributed by atoms with Crippen LogP contribution in [-0.2, 0) is 0 Å². The Bertz CT molecular complexity index is 110. The van der Waals surface area contributed by atoms with Gasteiger partial charge in [-0.1, -0.05) is 0 Å². The van der Waals surface area contributed by atoms with E-state index in [9.17, 15) is 0 Å². The molecule has 1 rings (SSSR count). The number of hydrogen-bond donors (Lipinski definition) is 2. The fraction of sp³-hybridized carbons (Fsp3) is 1.00. The van der Waals surface area contributed by atoms with Crippen molar-refractivity contribution < 1.29 is 0 Å². The van der Waals surface area contributed by atoms with E-state index in [-0.39, 0.29) is 0 Å². The van der Waals surface area contributed by atoms with Crippen LogP contribution in [0.3, 0.4) is 0 Å². The van der Waals surface area contributed by atoms with Gasteiger partial charge in [-0.25, -0.2) is 0 Å². The second-order valence-electron chi connectivity index (χ2n) is 3.70. The number of hydrogen-bond acceptors (Lipinski definition) is 3. The summed E-state index contributed by atoms with van der Waals surface area (Å²) in [4.78, 5) is 2.20. The van der Waals surface area contributed by atoms with Crippen LogP contribution >= 0.6 is 0 Å². The maximum Gasteiger partial charge on any atom is 0.0250 e. The van der Waals surface area contributed by atoms with Crippen LogP contribution < -0.4 is 11.3 Å². The smallest absolute Gasteiger partial charge is 0.0250 e. The molecule has 3 N–H and O–H groups in total. The number of nitrogens with two attached hydrogens (primary N) is 1. The summed E-state index contributed by atoms with van der Waals surface area (Å²) >= 11 is 0. The average Bonchev–Trinajstić information content (AvgIpc) is 2.72. The summed E-state index contributed by atoms with van der Waals surface area (Å²) in [5.74, 6) is 6.29. The molecular formula is C8H19N3. The van der Waals surface area contributed by atoms with E-state index < -0.39 is 0 Å². The van der Waals surface area contributed by atoms with Gasteiger partial charge in [0, 0.05) is 6.04 Å². The van der Waals surface area contributed by atoms with Gasteiger partial charge in [0.15, 0.2) is 0 Å². The van der Waals surface area contributed by atoms with Crippen LogP contribution in [0.1, 0.15) is 19.3 Å². The summed E-state index contributed by atoms with van der Waals surface area (Å²) < 4.78 is 0. The molecule has 0 spiro atoms. The molecular weight excluding hydrogens is 138 g/mol. The molecule has 0 amide bonds. The van der Waals surface area contributed by atoms with Crippen molar-refractivity contribution in [3.63, 3.8) is 0 Å².